The monoisotopic (exact) mass is 252 g/mol. The molecule has 18 heavy (non-hydrogen) atoms. The normalized spacial score (nSPS) is 20.6. The van der Waals surface area contributed by atoms with Gasteiger partial charge in [-0.05, 0) is 17.8 Å². The van der Waals surface area contributed by atoms with Crippen molar-refractivity contribution < 1.29 is 4.39 Å². The Kier molecular flexibility index (Phi) is 2.95. The van der Waals surface area contributed by atoms with Crippen LogP contribution in [-0.4, -0.2) is 22.6 Å². The molecular weight excluding hydrogens is 231 g/mol. The molecule has 1 aliphatic carbocycles. The summed E-state index contributed by atoms with van der Waals surface area (Å²) in [7, 11) is 0. The molecule has 1 aromatic heterocycles. The lowest BCUT2D eigenvalue weighted by Gasteiger charge is -2.10. The fourth-order valence-corrected chi connectivity index (χ4v) is 2.41. The lowest BCUT2D eigenvalue weighted by atomic mass is 10.0. The van der Waals surface area contributed by atoms with Gasteiger partial charge < -0.3 is 10.6 Å². The van der Waals surface area contributed by atoms with Crippen molar-refractivity contribution in [3.05, 3.63) is 12.0 Å². The quantitative estimate of drug-likeness (QED) is 0.865. The Morgan fingerprint density at radius 2 is 1.89 bits per heavy atom. The molecule has 1 aromatic rings. The van der Waals surface area contributed by atoms with E-state index in [-0.39, 0.29) is 22.7 Å². The highest BCUT2D eigenvalue weighted by molar-refractivity contribution is 5.45. The number of hydrogen-bond donors (Lipinski definition) is 2. The second kappa shape index (κ2) is 4.07. The fourth-order valence-electron chi connectivity index (χ4n) is 2.41. The molecule has 0 radical (unpaired) electrons. The standard InChI is InChI=1S/C13H21FN4/c1-6-15-11-16-7-8(14)9(18-11)17-10-12(2,3)13(10,4)5/h7,10H,6H2,1-5H3,(H2,15,16,17,18). The first kappa shape index (κ1) is 13.1. The minimum atomic E-state index is -0.407. The Bertz CT molecular complexity index is 442. The number of halogens is 1. The Balaban J connectivity index is 2.17. The average Bonchev–Trinajstić information content (AvgIpc) is 2.66. The van der Waals surface area contributed by atoms with Crippen LogP contribution in [0.25, 0.3) is 0 Å². The van der Waals surface area contributed by atoms with Crippen LogP contribution >= 0.6 is 0 Å². The SMILES string of the molecule is CCNc1ncc(F)c(NC2C(C)(C)C2(C)C)n1. The van der Waals surface area contributed by atoms with Crippen molar-refractivity contribution in [3.63, 3.8) is 0 Å². The summed E-state index contributed by atoms with van der Waals surface area (Å²) >= 11 is 0. The van der Waals surface area contributed by atoms with Gasteiger partial charge in [0.05, 0.1) is 6.20 Å². The lowest BCUT2D eigenvalue weighted by Crippen LogP contribution is -2.14. The number of aromatic nitrogens is 2. The molecule has 0 bridgehead atoms. The molecule has 0 aliphatic heterocycles. The first-order valence-electron chi connectivity index (χ1n) is 6.33. The molecule has 1 aliphatic rings. The van der Waals surface area contributed by atoms with Gasteiger partial charge in [0.2, 0.25) is 5.95 Å². The maximum Gasteiger partial charge on any atom is 0.224 e. The van der Waals surface area contributed by atoms with E-state index in [1.807, 2.05) is 6.92 Å². The van der Waals surface area contributed by atoms with Gasteiger partial charge in [-0.2, -0.15) is 4.98 Å². The van der Waals surface area contributed by atoms with Gasteiger partial charge in [-0.3, -0.25) is 0 Å². The van der Waals surface area contributed by atoms with E-state index in [0.717, 1.165) is 0 Å². The van der Waals surface area contributed by atoms with Gasteiger partial charge in [-0.25, -0.2) is 9.37 Å². The number of hydrogen-bond acceptors (Lipinski definition) is 4. The molecule has 2 rings (SSSR count). The van der Waals surface area contributed by atoms with Crippen LogP contribution in [0.5, 0.6) is 0 Å². The van der Waals surface area contributed by atoms with E-state index in [1.165, 1.54) is 6.20 Å². The third kappa shape index (κ3) is 1.91. The molecule has 0 amide bonds. The molecule has 0 saturated heterocycles. The second-order valence-electron chi connectivity index (χ2n) is 5.94. The van der Waals surface area contributed by atoms with Crippen LogP contribution in [-0.2, 0) is 0 Å². The van der Waals surface area contributed by atoms with Crippen molar-refractivity contribution in [1.82, 2.24) is 9.97 Å². The van der Waals surface area contributed by atoms with Crippen LogP contribution < -0.4 is 10.6 Å². The second-order valence-corrected chi connectivity index (χ2v) is 5.94. The molecular formula is C13H21FN4. The highest BCUT2D eigenvalue weighted by Gasteiger charge is 2.65. The van der Waals surface area contributed by atoms with Gasteiger partial charge in [0.25, 0.3) is 0 Å². The first-order valence-corrected chi connectivity index (χ1v) is 6.33. The van der Waals surface area contributed by atoms with E-state index in [4.69, 9.17) is 0 Å². The number of anilines is 2. The number of rotatable bonds is 4. The van der Waals surface area contributed by atoms with Gasteiger partial charge in [0.15, 0.2) is 11.6 Å². The van der Waals surface area contributed by atoms with Crippen molar-refractivity contribution in [1.29, 1.82) is 0 Å². The highest BCUT2D eigenvalue weighted by Crippen LogP contribution is 2.63. The van der Waals surface area contributed by atoms with Crippen molar-refractivity contribution >= 4 is 11.8 Å². The third-order valence-corrected chi connectivity index (χ3v) is 4.38. The molecule has 0 aromatic carbocycles. The van der Waals surface area contributed by atoms with Gasteiger partial charge in [-0.1, -0.05) is 27.7 Å². The van der Waals surface area contributed by atoms with E-state index in [1.54, 1.807) is 0 Å². The molecule has 1 heterocycles. The Hall–Kier alpha value is -1.39. The van der Waals surface area contributed by atoms with Gasteiger partial charge >= 0.3 is 0 Å². The number of nitrogens with zero attached hydrogens (tertiary/aromatic N) is 2. The smallest absolute Gasteiger partial charge is 0.224 e. The van der Waals surface area contributed by atoms with Crippen molar-refractivity contribution in [2.45, 2.75) is 40.7 Å². The summed E-state index contributed by atoms with van der Waals surface area (Å²) in [6.45, 7) is 11.4. The molecule has 0 unspecified atom stereocenters. The van der Waals surface area contributed by atoms with Gasteiger partial charge in [-0.15, -0.1) is 0 Å². The Morgan fingerprint density at radius 1 is 1.28 bits per heavy atom. The molecule has 5 heteroatoms. The Morgan fingerprint density at radius 3 is 2.39 bits per heavy atom. The maximum atomic E-state index is 13.7. The first-order chi connectivity index (χ1) is 8.30. The summed E-state index contributed by atoms with van der Waals surface area (Å²) in [6.07, 6.45) is 1.20. The zero-order chi connectivity index (χ0) is 13.6. The minimum Gasteiger partial charge on any atom is -0.364 e. The van der Waals surface area contributed by atoms with Crippen molar-refractivity contribution in [3.8, 4) is 0 Å². The van der Waals surface area contributed by atoms with E-state index in [9.17, 15) is 4.39 Å². The summed E-state index contributed by atoms with van der Waals surface area (Å²) in [6, 6.07) is 0.226. The van der Waals surface area contributed by atoms with E-state index < -0.39 is 5.82 Å². The van der Waals surface area contributed by atoms with E-state index in [2.05, 4.69) is 48.3 Å². The van der Waals surface area contributed by atoms with Crippen LogP contribution in [0.3, 0.4) is 0 Å². The average molecular weight is 252 g/mol. The molecule has 0 spiro atoms. The summed E-state index contributed by atoms with van der Waals surface area (Å²) in [5.41, 5.74) is 0.283. The largest absolute Gasteiger partial charge is 0.364 e. The van der Waals surface area contributed by atoms with Crippen molar-refractivity contribution in [2.24, 2.45) is 10.8 Å². The molecule has 2 N–H and O–H groups in total. The predicted molar refractivity (Wildman–Crippen MR) is 71.1 cm³/mol. The molecule has 1 saturated carbocycles. The molecule has 1 fully saturated rings. The summed E-state index contributed by atoms with van der Waals surface area (Å²) in [4.78, 5) is 8.06. The summed E-state index contributed by atoms with van der Waals surface area (Å²) in [5.74, 6) is 0.331. The summed E-state index contributed by atoms with van der Waals surface area (Å²) in [5, 5.41) is 6.18. The van der Waals surface area contributed by atoms with Crippen LogP contribution in [0.4, 0.5) is 16.2 Å². The van der Waals surface area contributed by atoms with Crippen LogP contribution in [0.1, 0.15) is 34.6 Å². The highest BCUT2D eigenvalue weighted by atomic mass is 19.1. The zero-order valence-electron chi connectivity index (χ0n) is 11.6. The van der Waals surface area contributed by atoms with E-state index in [0.29, 0.717) is 12.5 Å². The summed E-state index contributed by atoms with van der Waals surface area (Å²) < 4.78 is 13.7. The topological polar surface area (TPSA) is 49.8 Å². The molecule has 4 nitrogen and oxygen atoms in total. The Labute approximate surface area is 107 Å². The molecule has 100 valence electrons. The van der Waals surface area contributed by atoms with Gasteiger partial charge in [0.1, 0.15) is 0 Å². The maximum absolute atomic E-state index is 13.7. The zero-order valence-corrected chi connectivity index (χ0v) is 11.6. The lowest BCUT2D eigenvalue weighted by molar-refractivity contribution is 0.457. The van der Waals surface area contributed by atoms with Crippen molar-refractivity contribution in [2.75, 3.05) is 17.2 Å². The minimum absolute atomic E-state index is 0.142. The predicted octanol–water partition coefficient (Wildman–Crippen LogP) is 2.89. The van der Waals surface area contributed by atoms with Crippen LogP contribution in [0.15, 0.2) is 6.20 Å². The van der Waals surface area contributed by atoms with Crippen LogP contribution in [0, 0.1) is 16.6 Å². The molecule has 0 atom stereocenters. The third-order valence-electron chi connectivity index (χ3n) is 4.38. The van der Waals surface area contributed by atoms with Crippen LogP contribution in [0.2, 0.25) is 0 Å². The van der Waals surface area contributed by atoms with E-state index >= 15 is 0 Å². The fraction of sp³-hybridized carbons (Fsp3) is 0.692. The number of nitrogens with one attached hydrogen (secondary N) is 2. The van der Waals surface area contributed by atoms with Gasteiger partial charge in [0, 0.05) is 12.6 Å².